The summed E-state index contributed by atoms with van der Waals surface area (Å²) in [6.07, 6.45) is 2.72. The number of hydrogen-bond donors (Lipinski definition) is 2. The average molecular weight is 337 g/mol. The van der Waals surface area contributed by atoms with Crippen LogP contribution in [-0.4, -0.2) is 36.2 Å². The average Bonchev–Trinajstić information content (AvgIpc) is 2.41. The molecular formula is C18H28FN3O2. The van der Waals surface area contributed by atoms with Crippen LogP contribution < -0.4 is 11.1 Å². The van der Waals surface area contributed by atoms with Gasteiger partial charge in [0.1, 0.15) is 11.4 Å². The number of carbonyl (C=O) groups excluding carboxylic acids is 1. The molecule has 0 saturated heterocycles. The molecule has 0 spiro atoms. The number of carbonyl (C=O) groups is 1. The number of nitrogens with one attached hydrogen (secondary N) is 1. The van der Waals surface area contributed by atoms with Crippen molar-refractivity contribution < 1.29 is 13.9 Å². The number of halogens is 1. The Balaban J connectivity index is 1.69. The molecule has 1 amide bonds. The van der Waals surface area contributed by atoms with E-state index in [1.807, 2.05) is 20.8 Å². The van der Waals surface area contributed by atoms with Gasteiger partial charge in [0.15, 0.2) is 0 Å². The maximum atomic E-state index is 13.0. The summed E-state index contributed by atoms with van der Waals surface area (Å²) in [5.74, 6) is 0.253. The zero-order chi connectivity index (χ0) is 17.9. The van der Waals surface area contributed by atoms with E-state index in [0.29, 0.717) is 24.2 Å². The molecule has 0 unspecified atom stereocenters. The standard InChI is InChI=1S/C18H28FN3O2/c1-18(2,3)24-17(23)22(4)8-7-12-9-14(10-12)21-16-6-5-13(19)11-15(16)20/h5-6,11-12,14,21H,7-10,20H2,1-4H3. The van der Waals surface area contributed by atoms with Gasteiger partial charge in [-0.25, -0.2) is 9.18 Å². The third-order valence-corrected chi connectivity index (χ3v) is 4.19. The third kappa shape index (κ3) is 5.28. The molecule has 134 valence electrons. The highest BCUT2D eigenvalue weighted by Gasteiger charge is 2.30. The molecule has 0 atom stereocenters. The lowest BCUT2D eigenvalue weighted by molar-refractivity contribution is 0.0282. The molecule has 0 heterocycles. The van der Waals surface area contributed by atoms with Crippen LogP contribution in [0.3, 0.4) is 0 Å². The fourth-order valence-electron chi connectivity index (χ4n) is 2.78. The van der Waals surface area contributed by atoms with E-state index in [0.717, 1.165) is 24.9 Å². The largest absolute Gasteiger partial charge is 0.444 e. The maximum absolute atomic E-state index is 13.0. The van der Waals surface area contributed by atoms with Crippen LogP contribution in [0.15, 0.2) is 18.2 Å². The fraction of sp³-hybridized carbons (Fsp3) is 0.611. The predicted octanol–water partition coefficient (Wildman–Crippen LogP) is 3.86. The highest BCUT2D eigenvalue weighted by Crippen LogP contribution is 2.34. The molecule has 1 aromatic rings. The van der Waals surface area contributed by atoms with E-state index in [9.17, 15) is 9.18 Å². The smallest absolute Gasteiger partial charge is 0.410 e. The minimum atomic E-state index is -0.466. The van der Waals surface area contributed by atoms with E-state index in [-0.39, 0.29) is 11.9 Å². The number of ether oxygens (including phenoxy) is 1. The summed E-state index contributed by atoms with van der Waals surface area (Å²) in [5.41, 5.74) is 6.55. The van der Waals surface area contributed by atoms with Gasteiger partial charge < -0.3 is 20.7 Å². The molecule has 3 N–H and O–H groups in total. The predicted molar refractivity (Wildman–Crippen MR) is 94.4 cm³/mol. The number of nitrogen functional groups attached to an aromatic ring is 1. The van der Waals surface area contributed by atoms with Crippen molar-refractivity contribution in [2.75, 3.05) is 24.6 Å². The van der Waals surface area contributed by atoms with Crippen molar-refractivity contribution in [2.45, 2.75) is 51.7 Å². The zero-order valence-electron chi connectivity index (χ0n) is 14.9. The topological polar surface area (TPSA) is 67.6 Å². The number of anilines is 2. The highest BCUT2D eigenvalue weighted by molar-refractivity contribution is 5.67. The van der Waals surface area contributed by atoms with Crippen LogP contribution in [0, 0.1) is 11.7 Å². The Morgan fingerprint density at radius 3 is 2.67 bits per heavy atom. The van der Waals surface area contributed by atoms with Crippen LogP contribution in [-0.2, 0) is 4.74 Å². The second-order valence-corrected chi connectivity index (χ2v) is 7.60. The number of nitrogens with two attached hydrogens (primary N) is 1. The number of amides is 1. The van der Waals surface area contributed by atoms with Crippen molar-refractivity contribution in [1.82, 2.24) is 4.90 Å². The van der Waals surface area contributed by atoms with Crippen LogP contribution in [0.1, 0.15) is 40.0 Å². The van der Waals surface area contributed by atoms with Gasteiger partial charge in [-0.2, -0.15) is 0 Å². The summed E-state index contributed by atoms with van der Waals surface area (Å²) in [6, 6.07) is 4.77. The molecule has 5 nitrogen and oxygen atoms in total. The molecule has 6 heteroatoms. The molecule has 1 saturated carbocycles. The van der Waals surface area contributed by atoms with Gasteiger partial charge in [-0.3, -0.25) is 0 Å². The Morgan fingerprint density at radius 1 is 1.42 bits per heavy atom. The lowest BCUT2D eigenvalue weighted by atomic mass is 9.78. The lowest BCUT2D eigenvalue weighted by Gasteiger charge is -2.37. The van der Waals surface area contributed by atoms with E-state index >= 15 is 0 Å². The number of hydrogen-bond acceptors (Lipinski definition) is 4. The SMILES string of the molecule is CN(CCC1CC(Nc2ccc(F)cc2N)C1)C(=O)OC(C)(C)C. The van der Waals surface area contributed by atoms with Crippen LogP contribution in [0.2, 0.25) is 0 Å². The minimum absolute atomic E-state index is 0.282. The molecule has 1 aliphatic rings. The van der Waals surface area contributed by atoms with Gasteiger partial charge >= 0.3 is 6.09 Å². The summed E-state index contributed by atoms with van der Waals surface area (Å²) >= 11 is 0. The van der Waals surface area contributed by atoms with E-state index in [1.54, 1.807) is 18.0 Å². The van der Waals surface area contributed by atoms with Crippen LogP contribution in [0.4, 0.5) is 20.6 Å². The normalized spacial score (nSPS) is 20.2. The van der Waals surface area contributed by atoms with Crippen molar-refractivity contribution in [2.24, 2.45) is 5.92 Å². The first-order valence-corrected chi connectivity index (χ1v) is 8.40. The molecule has 0 aromatic heterocycles. The van der Waals surface area contributed by atoms with E-state index < -0.39 is 5.60 Å². The van der Waals surface area contributed by atoms with Crippen LogP contribution >= 0.6 is 0 Å². The molecule has 24 heavy (non-hydrogen) atoms. The number of nitrogens with zero attached hydrogens (tertiary/aromatic N) is 1. The highest BCUT2D eigenvalue weighted by atomic mass is 19.1. The van der Waals surface area contributed by atoms with Crippen molar-refractivity contribution in [3.63, 3.8) is 0 Å². The second kappa shape index (κ2) is 7.28. The van der Waals surface area contributed by atoms with Gasteiger partial charge in [-0.1, -0.05) is 0 Å². The zero-order valence-corrected chi connectivity index (χ0v) is 14.9. The number of rotatable bonds is 5. The third-order valence-electron chi connectivity index (χ3n) is 4.19. The Labute approximate surface area is 143 Å². The molecule has 0 radical (unpaired) electrons. The van der Waals surface area contributed by atoms with Crippen LogP contribution in [0.5, 0.6) is 0 Å². The molecule has 0 bridgehead atoms. The van der Waals surface area contributed by atoms with Gasteiger partial charge in [0.2, 0.25) is 0 Å². The van der Waals surface area contributed by atoms with Crippen molar-refractivity contribution >= 4 is 17.5 Å². The lowest BCUT2D eigenvalue weighted by Crippen LogP contribution is -2.39. The summed E-state index contributed by atoms with van der Waals surface area (Å²) in [6.45, 7) is 6.28. The van der Waals surface area contributed by atoms with Crippen molar-refractivity contribution in [1.29, 1.82) is 0 Å². The second-order valence-electron chi connectivity index (χ2n) is 7.60. The minimum Gasteiger partial charge on any atom is -0.444 e. The van der Waals surface area contributed by atoms with Gasteiger partial charge in [0, 0.05) is 19.6 Å². The molecular weight excluding hydrogens is 309 g/mol. The molecule has 1 aliphatic carbocycles. The quantitative estimate of drug-likeness (QED) is 0.801. The summed E-state index contributed by atoms with van der Waals surface area (Å²) in [7, 11) is 1.77. The summed E-state index contributed by atoms with van der Waals surface area (Å²) < 4.78 is 18.4. The van der Waals surface area contributed by atoms with Gasteiger partial charge in [0.05, 0.1) is 11.4 Å². The van der Waals surface area contributed by atoms with Gasteiger partial charge in [-0.15, -0.1) is 0 Å². The summed E-state index contributed by atoms with van der Waals surface area (Å²) in [5, 5.41) is 3.35. The molecule has 1 aromatic carbocycles. The van der Waals surface area contributed by atoms with Crippen molar-refractivity contribution in [3.05, 3.63) is 24.0 Å². The molecule has 2 rings (SSSR count). The Kier molecular flexibility index (Phi) is 5.57. The van der Waals surface area contributed by atoms with Gasteiger partial charge in [0.25, 0.3) is 0 Å². The van der Waals surface area contributed by atoms with Crippen LogP contribution in [0.25, 0.3) is 0 Å². The fourth-order valence-corrected chi connectivity index (χ4v) is 2.78. The summed E-state index contributed by atoms with van der Waals surface area (Å²) in [4.78, 5) is 13.5. The maximum Gasteiger partial charge on any atom is 0.410 e. The monoisotopic (exact) mass is 337 g/mol. The van der Waals surface area contributed by atoms with E-state index in [1.165, 1.54) is 12.1 Å². The van der Waals surface area contributed by atoms with E-state index in [4.69, 9.17) is 10.5 Å². The Morgan fingerprint density at radius 2 is 2.08 bits per heavy atom. The molecule has 0 aliphatic heterocycles. The Bertz CT molecular complexity index is 580. The first-order chi connectivity index (χ1) is 11.1. The van der Waals surface area contributed by atoms with Gasteiger partial charge in [-0.05, 0) is 64.2 Å². The Hall–Kier alpha value is -1.98. The molecule has 1 fully saturated rings. The number of benzene rings is 1. The first kappa shape index (κ1) is 18.4. The van der Waals surface area contributed by atoms with Crippen molar-refractivity contribution in [3.8, 4) is 0 Å². The first-order valence-electron chi connectivity index (χ1n) is 8.40. The van der Waals surface area contributed by atoms with E-state index in [2.05, 4.69) is 5.32 Å².